The summed E-state index contributed by atoms with van der Waals surface area (Å²) >= 11 is 0. The topological polar surface area (TPSA) is 9.23 Å². The summed E-state index contributed by atoms with van der Waals surface area (Å²) in [5.41, 5.74) is 0. The van der Waals surface area contributed by atoms with Crippen LogP contribution < -0.4 is 0 Å². The summed E-state index contributed by atoms with van der Waals surface area (Å²) in [4.78, 5) is 0. The van der Waals surface area contributed by atoms with Gasteiger partial charge in [-0.2, -0.15) is 0 Å². The zero-order chi connectivity index (χ0) is 10.3. The molecule has 1 nitrogen and oxygen atoms in total. The Labute approximate surface area is 84.3 Å². The molecule has 0 amide bonds. The second kappa shape index (κ2) is 6.25. The maximum atomic E-state index is 6.13. The van der Waals surface area contributed by atoms with Gasteiger partial charge in [-0.05, 0) is 37.6 Å². The molecule has 0 aromatic carbocycles. The summed E-state index contributed by atoms with van der Waals surface area (Å²) in [6.07, 6.45) is 3.26. The lowest BCUT2D eigenvalue weighted by atomic mass is 10.4. The predicted molar refractivity (Wildman–Crippen MR) is 62.3 cm³/mol. The van der Waals surface area contributed by atoms with E-state index in [-0.39, 0.29) is 0 Å². The Morgan fingerprint density at radius 3 is 1.85 bits per heavy atom. The van der Waals surface area contributed by atoms with Gasteiger partial charge in [0.1, 0.15) is 0 Å². The lowest BCUT2D eigenvalue weighted by molar-refractivity contribution is 0.404. The highest BCUT2D eigenvalue weighted by molar-refractivity contribution is 6.73. The molecule has 0 rings (SSSR count). The van der Waals surface area contributed by atoms with E-state index in [1.807, 2.05) is 0 Å². The maximum absolute atomic E-state index is 6.13. The quantitative estimate of drug-likeness (QED) is 0.458. The second-order valence-corrected chi connectivity index (χ2v) is 8.26. The zero-order valence-electron chi connectivity index (χ0n) is 9.81. The normalized spacial score (nSPS) is 13.2. The molecule has 0 unspecified atom stereocenters. The third-order valence-electron chi connectivity index (χ3n) is 2.80. The van der Waals surface area contributed by atoms with E-state index in [9.17, 15) is 0 Å². The SMILES string of the molecule is CC/C=C(/C)O[Si](CC)(CC)CC. The van der Waals surface area contributed by atoms with E-state index < -0.39 is 8.32 Å². The van der Waals surface area contributed by atoms with E-state index in [0.29, 0.717) is 0 Å². The molecule has 0 aliphatic rings. The summed E-state index contributed by atoms with van der Waals surface area (Å²) in [6, 6.07) is 3.69. The van der Waals surface area contributed by atoms with Crippen molar-refractivity contribution in [3.8, 4) is 0 Å². The molecular weight excluding hydrogens is 176 g/mol. The van der Waals surface area contributed by atoms with Gasteiger partial charge in [0.2, 0.25) is 8.32 Å². The van der Waals surface area contributed by atoms with Gasteiger partial charge >= 0.3 is 0 Å². The molecule has 0 N–H and O–H groups in total. The summed E-state index contributed by atoms with van der Waals surface area (Å²) in [5.74, 6) is 1.14. The number of hydrogen-bond acceptors (Lipinski definition) is 1. The molecule has 0 aliphatic heterocycles. The van der Waals surface area contributed by atoms with Gasteiger partial charge in [0.15, 0.2) is 0 Å². The Balaban J connectivity index is 4.32. The minimum atomic E-state index is -1.39. The van der Waals surface area contributed by atoms with Crippen LogP contribution in [0.4, 0.5) is 0 Å². The highest BCUT2D eigenvalue weighted by atomic mass is 28.4. The van der Waals surface area contributed by atoms with Crippen molar-refractivity contribution >= 4 is 8.32 Å². The van der Waals surface area contributed by atoms with Gasteiger partial charge in [0, 0.05) is 0 Å². The molecule has 0 saturated carbocycles. The third-order valence-corrected chi connectivity index (χ3v) is 7.42. The lowest BCUT2D eigenvalue weighted by Gasteiger charge is -2.29. The minimum absolute atomic E-state index is 1.08. The number of allylic oxidation sites excluding steroid dienone is 2. The Kier molecular flexibility index (Phi) is 6.13. The zero-order valence-corrected chi connectivity index (χ0v) is 10.8. The van der Waals surface area contributed by atoms with E-state index in [4.69, 9.17) is 4.43 Å². The molecule has 0 aliphatic carbocycles. The highest BCUT2D eigenvalue weighted by Gasteiger charge is 2.30. The molecule has 0 bridgehead atoms. The molecule has 0 fully saturated rings. The third kappa shape index (κ3) is 3.99. The molecule has 0 radical (unpaired) electrons. The standard InChI is InChI=1S/C11H24OSi/c1-6-10-11(5)12-13(7-2,8-3)9-4/h10H,6-9H2,1-5H3/b11-10-. The summed E-state index contributed by atoms with van der Waals surface area (Å²) in [5, 5.41) is 0. The van der Waals surface area contributed by atoms with Crippen molar-refractivity contribution in [2.75, 3.05) is 0 Å². The van der Waals surface area contributed by atoms with Crippen LogP contribution in [0.2, 0.25) is 18.1 Å². The van der Waals surface area contributed by atoms with Crippen LogP contribution in [0.25, 0.3) is 0 Å². The predicted octanol–water partition coefficient (Wildman–Crippen LogP) is 4.32. The maximum Gasteiger partial charge on any atom is 0.250 e. The van der Waals surface area contributed by atoms with Crippen molar-refractivity contribution in [1.82, 2.24) is 0 Å². The van der Waals surface area contributed by atoms with Crippen LogP contribution >= 0.6 is 0 Å². The van der Waals surface area contributed by atoms with Crippen molar-refractivity contribution < 1.29 is 4.43 Å². The molecular formula is C11H24OSi. The first kappa shape index (κ1) is 12.8. The van der Waals surface area contributed by atoms with Crippen LogP contribution in [0.15, 0.2) is 11.8 Å². The molecule has 0 spiro atoms. The molecule has 13 heavy (non-hydrogen) atoms. The molecule has 2 heteroatoms. The van der Waals surface area contributed by atoms with Gasteiger partial charge in [0.25, 0.3) is 0 Å². The number of rotatable bonds is 6. The fraction of sp³-hybridized carbons (Fsp3) is 0.818. The monoisotopic (exact) mass is 200 g/mol. The Bertz CT molecular complexity index is 151. The van der Waals surface area contributed by atoms with Crippen molar-refractivity contribution in [2.24, 2.45) is 0 Å². The molecule has 0 aromatic rings. The summed E-state index contributed by atoms with van der Waals surface area (Å²) in [6.45, 7) is 11.0. The molecule has 0 atom stereocenters. The Morgan fingerprint density at radius 2 is 1.54 bits per heavy atom. The first-order valence-corrected chi connectivity index (χ1v) is 8.02. The van der Waals surface area contributed by atoms with E-state index in [0.717, 1.165) is 12.2 Å². The van der Waals surface area contributed by atoms with Crippen LogP contribution in [0.5, 0.6) is 0 Å². The molecule has 0 aromatic heterocycles. The Morgan fingerprint density at radius 1 is 1.08 bits per heavy atom. The Hall–Kier alpha value is -0.243. The fourth-order valence-electron chi connectivity index (χ4n) is 1.64. The van der Waals surface area contributed by atoms with E-state index >= 15 is 0 Å². The van der Waals surface area contributed by atoms with Crippen molar-refractivity contribution in [2.45, 2.75) is 59.2 Å². The highest BCUT2D eigenvalue weighted by Crippen LogP contribution is 2.24. The largest absolute Gasteiger partial charge is 0.547 e. The molecule has 78 valence electrons. The van der Waals surface area contributed by atoms with Crippen molar-refractivity contribution in [1.29, 1.82) is 0 Å². The second-order valence-electron chi connectivity index (χ2n) is 3.57. The number of hydrogen-bond donors (Lipinski definition) is 0. The molecule has 0 heterocycles. The van der Waals surface area contributed by atoms with Gasteiger partial charge in [-0.1, -0.05) is 27.7 Å². The average Bonchev–Trinajstić information content (AvgIpc) is 2.15. The average molecular weight is 200 g/mol. The van der Waals surface area contributed by atoms with Crippen LogP contribution in [0, 0.1) is 0 Å². The van der Waals surface area contributed by atoms with Crippen LogP contribution in [-0.2, 0) is 4.43 Å². The van der Waals surface area contributed by atoms with E-state index in [1.165, 1.54) is 18.1 Å². The van der Waals surface area contributed by atoms with Gasteiger partial charge in [-0.15, -0.1) is 0 Å². The first-order chi connectivity index (χ1) is 6.14. The summed E-state index contributed by atoms with van der Waals surface area (Å²) < 4.78 is 6.13. The van der Waals surface area contributed by atoms with Gasteiger partial charge in [0.05, 0.1) is 5.76 Å². The van der Waals surface area contributed by atoms with Gasteiger partial charge in [-0.25, -0.2) is 0 Å². The summed E-state index contributed by atoms with van der Waals surface area (Å²) in [7, 11) is -1.39. The van der Waals surface area contributed by atoms with Crippen LogP contribution in [-0.4, -0.2) is 8.32 Å². The first-order valence-electron chi connectivity index (χ1n) is 5.49. The van der Waals surface area contributed by atoms with E-state index in [2.05, 4.69) is 40.7 Å². The van der Waals surface area contributed by atoms with E-state index in [1.54, 1.807) is 0 Å². The van der Waals surface area contributed by atoms with Crippen LogP contribution in [0.3, 0.4) is 0 Å². The lowest BCUT2D eigenvalue weighted by Crippen LogP contribution is -2.34. The van der Waals surface area contributed by atoms with Crippen LogP contribution in [0.1, 0.15) is 41.0 Å². The molecule has 0 saturated heterocycles. The van der Waals surface area contributed by atoms with Gasteiger partial charge < -0.3 is 4.43 Å². The fourth-order valence-corrected chi connectivity index (χ4v) is 4.34. The van der Waals surface area contributed by atoms with Gasteiger partial charge in [-0.3, -0.25) is 0 Å². The van der Waals surface area contributed by atoms with Crippen molar-refractivity contribution in [3.63, 3.8) is 0 Å². The minimum Gasteiger partial charge on any atom is -0.547 e. The smallest absolute Gasteiger partial charge is 0.250 e. The van der Waals surface area contributed by atoms with Crippen molar-refractivity contribution in [3.05, 3.63) is 11.8 Å².